The van der Waals surface area contributed by atoms with Crippen LogP contribution in [-0.2, 0) is 0 Å². The van der Waals surface area contributed by atoms with Gasteiger partial charge in [-0.3, -0.25) is 0 Å². The Bertz CT molecular complexity index is 567. The zero-order valence-corrected chi connectivity index (χ0v) is 10.4. The molecule has 1 aromatic heterocycles. The standard InChI is InChI=1S/C11H7Cl2N3O2/c12-6-2-1-3-7(13)10(6)14-9-5-4-8(11(17)18)15-16-9/h1-5H,(H,14,16)(H,17,18). The quantitative estimate of drug-likeness (QED) is 0.905. The van der Waals surface area contributed by atoms with E-state index < -0.39 is 5.97 Å². The second kappa shape index (κ2) is 5.20. The smallest absolute Gasteiger partial charge is 0.356 e. The van der Waals surface area contributed by atoms with Crippen LogP contribution in [0.4, 0.5) is 11.5 Å². The number of aromatic carboxylic acids is 1. The number of nitrogens with zero attached hydrogens (tertiary/aromatic N) is 2. The Balaban J connectivity index is 2.26. The fourth-order valence-corrected chi connectivity index (χ4v) is 1.75. The summed E-state index contributed by atoms with van der Waals surface area (Å²) in [5, 5.41) is 19.7. The van der Waals surface area contributed by atoms with E-state index in [1.807, 2.05) is 0 Å². The first-order valence-corrected chi connectivity index (χ1v) is 5.61. The van der Waals surface area contributed by atoms with Crippen LogP contribution < -0.4 is 5.32 Å². The van der Waals surface area contributed by atoms with Crippen LogP contribution >= 0.6 is 23.2 Å². The lowest BCUT2D eigenvalue weighted by atomic mass is 10.3. The molecule has 1 heterocycles. The van der Waals surface area contributed by atoms with Crippen LogP contribution in [0, 0.1) is 0 Å². The first kappa shape index (κ1) is 12.6. The lowest BCUT2D eigenvalue weighted by molar-refractivity contribution is 0.0689. The van der Waals surface area contributed by atoms with Crippen LogP contribution in [0.3, 0.4) is 0 Å². The molecule has 0 saturated carbocycles. The van der Waals surface area contributed by atoms with Crippen molar-refractivity contribution in [1.29, 1.82) is 0 Å². The molecule has 0 radical (unpaired) electrons. The Morgan fingerprint density at radius 1 is 1.11 bits per heavy atom. The molecule has 0 fully saturated rings. The lowest BCUT2D eigenvalue weighted by Crippen LogP contribution is -2.03. The second-order valence-electron chi connectivity index (χ2n) is 3.33. The third kappa shape index (κ3) is 2.69. The summed E-state index contributed by atoms with van der Waals surface area (Å²) in [6, 6.07) is 7.89. The van der Waals surface area contributed by atoms with E-state index in [1.54, 1.807) is 18.2 Å². The summed E-state index contributed by atoms with van der Waals surface area (Å²) < 4.78 is 0. The number of rotatable bonds is 3. The maximum absolute atomic E-state index is 10.6. The van der Waals surface area contributed by atoms with Crippen molar-refractivity contribution in [3.05, 3.63) is 46.1 Å². The van der Waals surface area contributed by atoms with Gasteiger partial charge in [0, 0.05) is 0 Å². The van der Waals surface area contributed by atoms with E-state index in [1.165, 1.54) is 12.1 Å². The van der Waals surface area contributed by atoms with Gasteiger partial charge < -0.3 is 10.4 Å². The molecule has 18 heavy (non-hydrogen) atoms. The number of aromatic nitrogens is 2. The van der Waals surface area contributed by atoms with Gasteiger partial charge in [-0.05, 0) is 24.3 Å². The Morgan fingerprint density at radius 2 is 1.78 bits per heavy atom. The Kier molecular flexibility index (Phi) is 3.64. The van der Waals surface area contributed by atoms with Crippen molar-refractivity contribution in [2.45, 2.75) is 0 Å². The Morgan fingerprint density at radius 3 is 2.28 bits per heavy atom. The molecule has 0 aliphatic carbocycles. The molecule has 0 aliphatic heterocycles. The summed E-state index contributed by atoms with van der Waals surface area (Å²) in [5.41, 5.74) is 0.365. The topological polar surface area (TPSA) is 75.1 Å². The molecular weight excluding hydrogens is 277 g/mol. The normalized spacial score (nSPS) is 10.1. The summed E-state index contributed by atoms with van der Waals surface area (Å²) >= 11 is 11.9. The van der Waals surface area contributed by atoms with Crippen LogP contribution in [0.5, 0.6) is 0 Å². The molecule has 0 spiro atoms. The highest BCUT2D eigenvalue weighted by molar-refractivity contribution is 6.39. The zero-order chi connectivity index (χ0) is 13.1. The highest BCUT2D eigenvalue weighted by Gasteiger charge is 2.08. The summed E-state index contributed by atoms with van der Waals surface area (Å²) in [5.74, 6) is -0.778. The van der Waals surface area contributed by atoms with Crippen LogP contribution in [0.15, 0.2) is 30.3 Å². The third-order valence-electron chi connectivity index (χ3n) is 2.10. The number of benzene rings is 1. The van der Waals surface area contributed by atoms with E-state index in [2.05, 4.69) is 15.5 Å². The summed E-state index contributed by atoms with van der Waals surface area (Å²) in [6.45, 7) is 0. The number of para-hydroxylation sites is 1. The summed E-state index contributed by atoms with van der Waals surface area (Å²) in [6.07, 6.45) is 0. The largest absolute Gasteiger partial charge is 0.476 e. The molecule has 0 amide bonds. The summed E-state index contributed by atoms with van der Waals surface area (Å²) in [7, 11) is 0. The van der Waals surface area contributed by atoms with E-state index in [0.29, 0.717) is 21.6 Å². The van der Waals surface area contributed by atoms with Gasteiger partial charge in [0.05, 0.1) is 15.7 Å². The van der Waals surface area contributed by atoms with E-state index in [0.717, 1.165) is 0 Å². The average molecular weight is 284 g/mol. The number of carbonyl (C=O) groups is 1. The van der Waals surface area contributed by atoms with E-state index in [9.17, 15) is 4.79 Å². The monoisotopic (exact) mass is 283 g/mol. The summed E-state index contributed by atoms with van der Waals surface area (Å²) in [4.78, 5) is 10.6. The number of carboxylic acids is 1. The molecule has 2 N–H and O–H groups in total. The fourth-order valence-electron chi connectivity index (χ4n) is 1.26. The third-order valence-corrected chi connectivity index (χ3v) is 2.73. The molecule has 5 nitrogen and oxygen atoms in total. The number of hydrogen-bond donors (Lipinski definition) is 2. The SMILES string of the molecule is O=C(O)c1ccc(Nc2c(Cl)cccc2Cl)nn1. The predicted molar refractivity (Wildman–Crippen MR) is 68.7 cm³/mol. The van der Waals surface area contributed by atoms with Crippen LogP contribution in [-0.4, -0.2) is 21.3 Å². The molecule has 2 rings (SSSR count). The fraction of sp³-hybridized carbons (Fsp3) is 0. The van der Waals surface area contributed by atoms with Crippen LogP contribution in [0.25, 0.3) is 0 Å². The van der Waals surface area contributed by atoms with Gasteiger partial charge in [0.15, 0.2) is 11.5 Å². The van der Waals surface area contributed by atoms with Gasteiger partial charge in [0.25, 0.3) is 0 Å². The number of carboxylic acid groups (broad SMARTS) is 1. The maximum Gasteiger partial charge on any atom is 0.356 e. The zero-order valence-electron chi connectivity index (χ0n) is 8.89. The van der Waals surface area contributed by atoms with Crippen molar-refractivity contribution in [1.82, 2.24) is 10.2 Å². The van der Waals surface area contributed by atoms with Crippen molar-refractivity contribution < 1.29 is 9.90 Å². The van der Waals surface area contributed by atoms with Crippen molar-refractivity contribution >= 4 is 40.7 Å². The minimum absolute atomic E-state index is 0.134. The minimum atomic E-state index is -1.13. The Hall–Kier alpha value is -1.85. The van der Waals surface area contributed by atoms with E-state index in [4.69, 9.17) is 28.3 Å². The maximum atomic E-state index is 10.6. The molecule has 1 aromatic carbocycles. The number of nitrogens with one attached hydrogen (secondary N) is 1. The van der Waals surface area contributed by atoms with Crippen molar-refractivity contribution in [3.63, 3.8) is 0 Å². The molecular formula is C11H7Cl2N3O2. The Labute approximate surface area is 112 Å². The van der Waals surface area contributed by atoms with Crippen molar-refractivity contribution in [3.8, 4) is 0 Å². The first-order chi connectivity index (χ1) is 8.58. The van der Waals surface area contributed by atoms with Gasteiger partial charge >= 0.3 is 5.97 Å². The van der Waals surface area contributed by atoms with Gasteiger partial charge in [-0.25, -0.2) is 4.79 Å². The van der Waals surface area contributed by atoms with Crippen LogP contribution in [0.1, 0.15) is 10.5 Å². The molecule has 0 atom stereocenters. The number of halogens is 2. The van der Waals surface area contributed by atoms with Crippen LogP contribution in [0.2, 0.25) is 10.0 Å². The van der Waals surface area contributed by atoms with Gasteiger partial charge in [0.2, 0.25) is 0 Å². The molecule has 7 heteroatoms. The molecule has 2 aromatic rings. The average Bonchev–Trinajstić information content (AvgIpc) is 2.34. The molecule has 0 saturated heterocycles. The van der Waals surface area contributed by atoms with Gasteiger partial charge in [-0.2, -0.15) is 0 Å². The van der Waals surface area contributed by atoms with Crippen molar-refractivity contribution in [2.24, 2.45) is 0 Å². The number of hydrogen-bond acceptors (Lipinski definition) is 4. The first-order valence-electron chi connectivity index (χ1n) is 4.86. The lowest BCUT2D eigenvalue weighted by Gasteiger charge is -2.08. The second-order valence-corrected chi connectivity index (χ2v) is 4.15. The predicted octanol–water partition coefficient (Wildman–Crippen LogP) is 3.23. The van der Waals surface area contributed by atoms with E-state index in [-0.39, 0.29) is 5.69 Å². The van der Waals surface area contributed by atoms with Gasteiger partial charge in [-0.15, -0.1) is 10.2 Å². The molecule has 0 aliphatic rings. The van der Waals surface area contributed by atoms with Gasteiger partial charge in [0.1, 0.15) is 0 Å². The number of anilines is 2. The van der Waals surface area contributed by atoms with Gasteiger partial charge in [-0.1, -0.05) is 29.3 Å². The molecule has 0 bridgehead atoms. The highest BCUT2D eigenvalue weighted by atomic mass is 35.5. The minimum Gasteiger partial charge on any atom is -0.476 e. The molecule has 0 unspecified atom stereocenters. The molecule has 92 valence electrons. The van der Waals surface area contributed by atoms with Crippen molar-refractivity contribution in [2.75, 3.05) is 5.32 Å². The highest BCUT2D eigenvalue weighted by Crippen LogP contribution is 2.31. The van der Waals surface area contributed by atoms with E-state index >= 15 is 0 Å².